The van der Waals surface area contributed by atoms with Crippen LogP contribution in [0.2, 0.25) is 0 Å². The minimum absolute atomic E-state index is 0. The molecule has 0 aromatic rings. The Hall–Kier alpha value is 0.227. The Bertz CT molecular complexity index is 49.3. The van der Waals surface area contributed by atoms with Gasteiger partial charge >= 0.3 is 18.9 Å². The average Bonchev–Trinajstić information content (AvgIpc) is 1.35. The zero-order valence-electron chi connectivity index (χ0n) is 5.72. The number of rotatable bonds is 2. The standard InChI is InChI=1S/C4H8O2.Li.H/c1-4(6)2-3-5;;/h3-4,6H,2H2,1H3;;/q;+1;-1. The molecule has 7 heavy (non-hydrogen) atoms. The summed E-state index contributed by atoms with van der Waals surface area (Å²) >= 11 is 0. The molecule has 0 heterocycles. The van der Waals surface area contributed by atoms with Crippen molar-refractivity contribution in [1.82, 2.24) is 0 Å². The summed E-state index contributed by atoms with van der Waals surface area (Å²) in [5.74, 6) is 0. The first kappa shape index (κ1) is 10.3. The fourth-order valence-corrected chi connectivity index (χ4v) is 0.139. The molecule has 0 saturated heterocycles. The minimum Gasteiger partial charge on any atom is -1.00 e. The van der Waals surface area contributed by atoms with E-state index in [9.17, 15) is 4.79 Å². The quantitative estimate of drug-likeness (QED) is 0.295. The summed E-state index contributed by atoms with van der Waals surface area (Å²) < 4.78 is 0. The molecule has 0 aromatic heterocycles. The van der Waals surface area contributed by atoms with Crippen molar-refractivity contribution in [3.8, 4) is 0 Å². The van der Waals surface area contributed by atoms with Crippen molar-refractivity contribution in [3.05, 3.63) is 0 Å². The number of aliphatic hydroxyl groups excluding tert-OH is 1. The van der Waals surface area contributed by atoms with Gasteiger partial charge in [-0.15, -0.1) is 0 Å². The van der Waals surface area contributed by atoms with Gasteiger partial charge in [0, 0.05) is 6.42 Å². The topological polar surface area (TPSA) is 37.3 Å². The van der Waals surface area contributed by atoms with Crippen molar-refractivity contribution >= 4 is 6.29 Å². The first-order valence-electron chi connectivity index (χ1n) is 1.89. The molecule has 1 unspecified atom stereocenters. The van der Waals surface area contributed by atoms with E-state index in [2.05, 4.69) is 0 Å². The third-order valence-electron chi connectivity index (χ3n) is 0.437. The molecular weight excluding hydrogens is 87.0 g/mol. The van der Waals surface area contributed by atoms with Crippen molar-refractivity contribution in [2.24, 2.45) is 0 Å². The van der Waals surface area contributed by atoms with Gasteiger partial charge in [0.25, 0.3) is 0 Å². The summed E-state index contributed by atoms with van der Waals surface area (Å²) in [4.78, 5) is 9.46. The predicted molar refractivity (Wildman–Crippen MR) is 23.5 cm³/mol. The van der Waals surface area contributed by atoms with Crippen molar-refractivity contribution in [1.29, 1.82) is 0 Å². The van der Waals surface area contributed by atoms with Gasteiger partial charge in [0.15, 0.2) is 0 Å². The SMILES string of the molecule is CC(O)CC=O.[H-].[Li+]. The molecule has 0 rings (SSSR count). The summed E-state index contributed by atoms with van der Waals surface area (Å²) in [5.41, 5.74) is 0. The maximum Gasteiger partial charge on any atom is 1.00 e. The average molecular weight is 96.1 g/mol. The molecule has 0 aliphatic heterocycles. The molecule has 2 nitrogen and oxygen atoms in total. The maximum absolute atomic E-state index is 9.46. The van der Waals surface area contributed by atoms with E-state index >= 15 is 0 Å². The van der Waals surface area contributed by atoms with E-state index in [-0.39, 0.29) is 26.7 Å². The minimum atomic E-state index is -0.470. The Morgan fingerprint density at radius 3 is 2.43 bits per heavy atom. The molecule has 38 valence electrons. The van der Waals surface area contributed by atoms with E-state index in [1.807, 2.05) is 0 Å². The monoisotopic (exact) mass is 96.1 g/mol. The van der Waals surface area contributed by atoms with Crippen LogP contribution in [-0.2, 0) is 4.79 Å². The van der Waals surface area contributed by atoms with Crippen molar-refractivity contribution < 1.29 is 30.2 Å². The summed E-state index contributed by atoms with van der Waals surface area (Å²) in [6.07, 6.45) is 0.479. The fourth-order valence-electron chi connectivity index (χ4n) is 0.139. The molecule has 0 aliphatic rings. The van der Waals surface area contributed by atoms with E-state index in [1.54, 1.807) is 6.92 Å². The molecule has 3 heteroatoms. The number of hydrogen-bond donors (Lipinski definition) is 1. The summed E-state index contributed by atoms with van der Waals surface area (Å²) in [7, 11) is 0. The Balaban J connectivity index is -0.000000125. The Morgan fingerprint density at radius 1 is 2.00 bits per heavy atom. The van der Waals surface area contributed by atoms with Crippen molar-refractivity contribution in [2.75, 3.05) is 0 Å². The zero-order chi connectivity index (χ0) is 4.99. The second-order valence-electron chi connectivity index (χ2n) is 1.25. The number of carbonyl (C=O) groups excluding carboxylic acids is 1. The second kappa shape index (κ2) is 6.23. The van der Waals surface area contributed by atoms with Gasteiger partial charge in [-0.05, 0) is 6.92 Å². The van der Waals surface area contributed by atoms with Crippen LogP contribution in [0, 0.1) is 0 Å². The van der Waals surface area contributed by atoms with Crippen LogP contribution >= 0.6 is 0 Å². The molecular formula is C4H9LiO2. The van der Waals surface area contributed by atoms with Crippen LogP contribution < -0.4 is 18.9 Å². The van der Waals surface area contributed by atoms with Crippen LogP contribution in [0.15, 0.2) is 0 Å². The summed E-state index contributed by atoms with van der Waals surface area (Å²) in [6, 6.07) is 0. The maximum atomic E-state index is 9.46. The van der Waals surface area contributed by atoms with E-state index in [0.29, 0.717) is 6.29 Å². The van der Waals surface area contributed by atoms with Gasteiger partial charge in [0.1, 0.15) is 6.29 Å². The normalized spacial score (nSPS) is 11.7. The van der Waals surface area contributed by atoms with Crippen LogP contribution in [0.25, 0.3) is 0 Å². The number of aliphatic hydroxyl groups is 1. The van der Waals surface area contributed by atoms with Gasteiger partial charge < -0.3 is 11.3 Å². The Kier molecular flexibility index (Phi) is 9.13. The van der Waals surface area contributed by atoms with Gasteiger partial charge in [0.2, 0.25) is 0 Å². The third kappa shape index (κ3) is 10.7. The molecule has 0 amide bonds. The van der Waals surface area contributed by atoms with Crippen LogP contribution in [0.4, 0.5) is 0 Å². The summed E-state index contributed by atoms with van der Waals surface area (Å²) in [6.45, 7) is 1.58. The van der Waals surface area contributed by atoms with Gasteiger partial charge in [0.05, 0.1) is 6.10 Å². The first-order valence-corrected chi connectivity index (χ1v) is 1.89. The smallest absolute Gasteiger partial charge is 1.00 e. The number of aldehydes is 1. The summed E-state index contributed by atoms with van der Waals surface area (Å²) in [5, 5.41) is 8.32. The van der Waals surface area contributed by atoms with Crippen molar-refractivity contribution in [3.63, 3.8) is 0 Å². The molecule has 0 fully saturated rings. The molecule has 0 aliphatic carbocycles. The van der Waals surface area contributed by atoms with Crippen LogP contribution in [0.1, 0.15) is 14.8 Å². The molecule has 1 atom stereocenters. The zero-order valence-corrected chi connectivity index (χ0v) is 4.72. The van der Waals surface area contributed by atoms with E-state index in [0.717, 1.165) is 0 Å². The van der Waals surface area contributed by atoms with E-state index in [4.69, 9.17) is 5.11 Å². The van der Waals surface area contributed by atoms with Gasteiger partial charge in [-0.2, -0.15) is 0 Å². The molecule has 0 bridgehead atoms. The van der Waals surface area contributed by atoms with Crippen molar-refractivity contribution in [2.45, 2.75) is 19.4 Å². The Morgan fingerprint density at radius 2 is 2.43 bits per heavy atom. The molecule has 0 saturated carbocycles. The van der Waals surface area contributed by atoms with Crippen LogP contribution in [0.5, 0.6) is 0 Å². The molecule has 0 aromatic carbocycles. The van der Waals surface area contributed by atoms with Crippen LogP contribution in [-0.4, -0.2) is 17.5 Å². The van der Waals surface area contributed by atoms with Gasteiger partial charge in [-0.25, -0.2) is 0 Å². The molecule has 0 spiro atoms. The van der Waals surface area contributed by atoms with Gasteiger partial charge in [-0.3, -0.25) is 0 Å². The first-order chi connectivity index (χ1) is 2.77. The number of carbonyl (C=O) groups is 1. The fraction of sp³-hybridized carbons (Fsp3) is 0.750. The van der Waals surface area contributed by atoms with Crippen LogP contribution in [0.3, 0.4) is 0 Å². The predicted octanol–water partition coefficient (Wildman–Crippen LogP) is -2.93. The van der Waals surface area contributed by atoms with Gasteiger partial charge in [-0.1, -0.05) is 0 Å². The number of hydrogen-bond acceptors (Lipinski definition) is 2. The second-order valence-corrected chi connectivity index (χ2v) is 1.25. The molecule has 1 N–H and O–H groups in total. The Labute approximate surface area is 56.6 Å². The third-order valence-corrected chi connectivity index (χ3v) is 0.437. The largest absolute Gasteiger partial charge is 1.00 e. The van der Waals surface area contributed by atoms with E-state index in [1.165, 1.54) is 0 Å². The van der Waals surface area contributed by atoms with E-state index < -0.39 is 6.10 Å². The molecule has 0 radical (unpaired) electrons.